The fraction of sp³-hybridized carbons (Fsp3) is 0.462. The molecule has 0 fully saturated rings. The van der Waals surface area contributed by atoms with Crippen molar-refractivity contribution in [2.75, 3.05) is 0 Å². The van der Waals surface area contributed by atoms with Crippen LogP contribution in [0, 0.1) is 12.8 Å². The van der Waals surface area contributed by atoms with Crippen LogP contribution in [0.5, 0.6) is 0 Å². The second-order valence-corrected chi connectivity index (χ2v) is 6.27. The summed E-state index contributed by atoms with van der Waals surface area (Å²) in [4.78, 5) is 11.8. The van der Waals surface area contributed by atoms with Crippen molar-refractivity contribution in [2.24, 2.45) is 5.92 Å². The number of nitrogens with zero attached hydrogens (tertiary/aromatic N) is 4. The van der Waals surface area contributed by atoms with E-state index in [0.717, 1.165) is 28.6 Å². The Morgan fingerprint density at radius 2 is 2.33 bits per heavy atom. The molecule has 1 atom stereocenters. The first kappa shape index (κ1) is 10.4. The summed E-state index contributed by atoms with van der Waals surface area (Å²) < 4.78 is 1.86. The first-order valence-electron chi connectivity index (χ1n) is 6.34. The number of rotatable bonds is 0. The monoisotopic (exact) mass is 258 g/mol. The Bertz CT molecular complexity index is 755. The van der Waals surface area contributed by atoms with E-state index in [1.807, 2.05) is 22.8 Å². The van der Waals surface area contributed by atoms with Crippen molar-refractivity contribution in [1.82, 2.24) is 19.6 Å². The third kappa shape index (κ3) is 1.28. The first-order valence-corrected chi connectivity index (χ1v) is 7.16. The van der Waals surface area contributed by atoms with Gasteiger partial charge in [-0.05, 0) is 37.7 Å². The molecule has 1 aliphatic carbocycles. The van der Waals surface area contributed by atoms with Crippen LogP contribution < -0.4 is 0 Å². The van der Waals surface area contributed by atoms with Gasteiger partial charge in [-0.15, -0.1) is 11.3 Å². The Labute approximate surface area is 109 Å². The molecule has 0 unspecified atom stereocenters. The minimum atomic E-state index is 0.763. The molecule has 0 spiro atoms. The molecule has 5 heteroatoms. The molecule has 4 rings (SSSR count). The van der Waals surface area contributed by atoms with E-state index < -0.39 is 0 Å². The molecule has 3 aromatic heterocycles. The smallest absolute Gasteiger partial charge is 0.167 e. The van der Waals surface area contributed by atoms with Crippen LogP contribution in [0.15, 0.2) is 6.33 Å². The van der Waals surface area contributed by atoms with Crippen molar-refractivity contribution in [3.63, 3.8) is 0 Å². The number of fused-ring (bicyclic) bond motifs is 5. The summed E-state index contributed by atoms with van der Waals surface area (Å²) in [6.45, 7) is 4.32. The molecule has 0 aromatic carbocycles. The third-order valence-corrected chi connectivity index (χ3v) is 5.02. The van der Waals surface area contributed by atoms with Crippen LogP contribution in [0.3, 0.4) is 0 Å². The van der Waals surface area contributed by atoms with Gasteiger partial charge in [-0.25, -0.2) is 9.97 Å². The summed E-state index contributed by atoms with van der Waals surface area (Å²) in [6, 6.07) is 0. The lowest BCUT2D eigenvalue weighted by Gasteiger charge is -2.17. The predicted molar refractivity (Wildman–Crippen MR) is 72.1 cm³/mol. The van der Waals surface area contributed by atoms with Crippen molar-refractivity contribution in [1.29, 1.82) is 0 Å². The highest BCUT2D eigenvalue weighted by Crippen LogP contribution is 2.38. The fourth-order valence-electron chi connectivity index (χ4n) is 2.90. The van der Waals surface area contributed by atoms with Crippen molar-refractivity contribution in [3.05, 3.63) is 22.6 Å². The largest absolute Gasteiger partial charge is 0.222 e. The van der Waals surface area contributed by atoms with E-state index >= 15 is 0 Å². The van der Waals surface area contributed by atoms with Crippen molar-refractivity contribution >= 4 is 27.2 Å². The van der Waals surface area contributed by atoms with Crippen LogP contribution in [0.2, 0.25) is 0 Å². The van der Waals surface area contributed by atoms with E-state index in [1.54, 1.807) is 6.33 Å². The Kier molecular flexibility index (Phi) is 2.03. The van der Waals surface area contributed by atoms with Gasteiger partial charge in [0.25, 0.3) is 0 Å². The van der Waals surface area contributed by atoms with Crippen molar-refractivity contribution in [2.45, 2.75) is 33.1 Å². The molecular weight excluding hydrogens is 244 g/mol. The number of aromatic nitrogens is 4. The second-order valence-electron chi connectivity index (χ2n) is 5.19. The molecular formula is C13H14N4S. The van der Waals surface area contributed by atoms with Gasteiger partial charge in [-0.2, -0.15) is 9.61 Å². The summed E-state index contributed by atoms with van der Waals surface area (Å²) in [5.41, 5.74) is 2.45. The molecule has 0 saturated heterocycles. The lowest BCUT2D eigenvalue weighted by molar-refractivity contribution is 0.508. The van der Waals surface area contributed by atoms with Gasteiger partial charge < -0.3 is 0 Å². The van der Waals surface area contributed by atoms with Crippen molar-refractivity contribution < 1.29 is 0 Å². The minimum Gasteiger partial charge on any atom is -0.222 e. The van der Waals surface area contributed by atoms with E-state index in [9.17, 15) is 0 Å². The summed E-state index contributed by atoms with van der Waals surface area (Å²) in [5.74, 6) is 1.68. The molecule has 4 nitrogen and oxygen atoms in total. The molecule has 92 valence electrons. The quantitative estimate of drug-likeness (QED) is 0.622. The zero-order chi connectivity index (χ0) is 12.3. The standard InChI is InChI=1S/C13H14N4S/c1-7-3-4-10-9(5-7)11-12-14-6-15-17(12)8(2)16-13(11)18-10/h6-7H,3-5H2,1-2H3/t7-/m1/s1. The average molecular weight is 258 g/mol. The molecule has 0 N–H and O–H groups in total. The topological polar surface area (TPSA) is 43.1 Å². The molecule has 0 radical (unpaired) electrons. The number of hydrogen-bond donors (Lipinski definition) is 0. The maximum Gasteiger partial charge on any atom is 0.167 e. The van der Waals surface area contributed by atoms with Gasteiger partial charge >= 0.3 is 0 Å². The van der Waals surface area contributed by atoms with Crippen LogP contribution in [0.25, 0.3) is 15.9 Å². The number of aryl methyl sites for hydroxylation is 2. The van der Waals surface area contributed by atoms with Gasteiger partial charge in [0.2, 0.25) is 0 Å². The van der Waals surface area contributed by atoms with E-state index in [4.69, 9.17) is 0 Å². The second kappa shape index (κ2) is 3.51. The Morgan fingerprint density at radius 3 is 3.22 bits per heavy atom. The molecule has 0 saturated carbocycles. The highest BCUT2D eigenvalue weighted by atomic mass is 32.1. The van der Waals surface area contributed by atoms with Crippen LogP contribution in [-0.2, 0) is 12.8 Å². The SMILES string of the molecule is Cc1nc2sc3c(c2c2ncnn12)C[C@H](C)CC3. The van der Waals surface area contributed by atoms with Crippen LogP contribution >= 0.6 is 11.3 Å². The maximum absolute atomic E-state index is 4.69. The average Bonchev–Trinajstić information content (AvgIpc) is 2.92. The van der Waals surface area contributed by atoms with Gasteiger partial charge in [-0.3, -0.25) is 0 Å². The molecule has 0 bridgehead atoms. The summed E-state index contributed by atoms with van der Waals surface area (Å²) in [5, 5.41) is 5.50. The van der Waals surface area contributed by atoms with Gasteiger partial charge in [-0.1, -0.05) is 6.92 Å². The molecule has 3 heterocycles. The van der Waals surface area contributed by atoms with Crippen LogP contribution in [0.1, 0.15) is 29.6 Å². The Morgan fingerprint density at radius 1 is 1.44 bits per heavy atom. The van der Waals surface area contributed by atoms with E-state index in [0.29, 0.717) is 0 Å². The summed E-state index contributed by atoms with van der Waals surface area (Å²) in [6.07, 6.45) is 5.26. The van der Waals surface area contributed by atoms with Gasteiger partial charge in [0.05, 0.1) is 5.39 Å². The maximum atomic E-state index is 4.69. The molecule has 1 aliphatic rings. The zero-order valence-electron chi connectivity index (χ0n) is 10.5. The van der Waals surface area contributed by atoms with Gasteiger partial charge in [0.1, 0.15) is 17.0 Å². The molecule has 0 amide bonds. The fourth-order valence-corrected chi connectivity index (χ4v) is 4.15. The number of hydrogen-bond acceptors (Lipinski definition) is 4. The summed E-state index contributed by atoms with van der Waals surface area (Å²) >= 11 is 1.84. The number of thiophene rings is 1. The molecule has 0 aliphatic heterocycles. The lowest BCUT2D eigenvalue weighted by atomic mass is 9.89. The lowest BCUT2D eigenvalue weighted by Crippen LogP contribution is -2.09. The van der Waals surface area contributed by atoms with Crippen molar-refractivity contribution in [3.8, 4) is 0 Å². The first-order chi connectivity index (χ1) is 8.74. The van der Waals surface area contributed by atoms with Crippen LogP contribution in [0.4, 0.5) is 0 Å². The van der Waals surface area contributed by atoms with Gasteiger partial charge in [0.15, 0.2) is 5.65 Å². The van der Waals surface area contributed by atoms with E-state index in [-0.39, 0.29) is 0 Å². The van der Waals surface area contributed by atoms with Crippen LogP contribution in [-0.4, -0.2) is 19.6 Å². The van der Waals surface area contributed by atoms with E-state index in [2.05, 4.69) is 22.0 Å². The summed E-state index contributed by atoms with van der Waals surface area (Å²) in [7, 11) is 0. The van der Waals surface area contributed by atoms with E-state index in [1.165, 1.54) is 28.7 Å². The van der Waals surface area contributed by atoms with Gasteiger partial charge in [0, 0.05) is 4.88 Å². The molecule has 18 heavy (non-hydrogen) atoms. The highest BCUT2D eigenvalue weighted by molar-refractivity contribution is 7.19. The Hall–Kier alpha value is -1.49. The minimum absolute atomic E-state index is 0.763. The predicted octanol–water partition coefficient (Wildman–Crippen LogP) is 2.77. The normalized spacial score (nSPS) is 19.6. The zero-order valence-corrected chi connectivity index (χ0v) is 11.3. The molecule has 3 aromatic rings. The highest BCUT2D eigenvalue weighted by Gasteiger charge is 2.23. The third-order valence-electron chi connectivity index (χ3n) is 3.83. The Balaban J connectivity index is 2.16.